The third kappa shape index (κ3) is 5.90. The maximum atomic E-state index is 13.5. The molecule has 0 bridgehead atoms. The second-order valence-corrected chi connectivity index (χ2v) is 11.4. The number of carbonyl (C=O) groups excluding carboxylic acids is 1. The molecule has 4 nitrogen and oxygen atoms in total. The van der Waals surface area contributed by atoms with Crippen molar-refractivity contribution in [3.8, 4) is 22.3 Å². The highest BCUT2D eigenvalue weighted by Crippen LogP contribution is 2.40. The van der Waals surface area contributed by atoms with Gasteiger partial charge in [-0.1, -0.05) is 71.3 Å². The molecule has 1 N–H and O–H groups in total. The van der Waals surface area contributed by atoms with Gasteiger partial charge in [0.25, 0.3) is 0 Å². The number of carbonyl (C=O) groups is 1. The number of alkyl halides is 3. The van der Waals surface area contributed by atoms with Crippen molar-refractivity contribution in [1.82, 2.24) is 4.90 Å². The molecule has 8 heteroatoms. The van der Waals surface area contributed by atoms with Crippen molar-refractivity contribution >= 4 is 17.7 Å². The van der Waals surface area contributed by atoms with Crippen molar-refractivity contribution in [2.45, 2.75) is 59.2 Å². The minimum Gasteiger partial charge on any atom is -0.439 e. The average molecular weight is 594 g/mol. The van der Waals surface area contributed by atoms with Gasteiger partial charge in [-0.25, -0.2) is 4.79 Å². The molecule has 4 aromatic rings. The molecule has 1 fully saturated rings. The second-order valence-electron chi connectivity index (χ2n) is 11.0. The number of aliphatic hydroxyl groups is 1. The third-order valence-corrected chi connectivity index (χ3v) is 8.12. The Morgan fingerprint density at radius 2 is 1.62 bits per heavy atom. The predicted octanol–water partition coefficient (Wildman–Crippen LogP) is 9.19. The topological polar surface area (TPSA) is 49.8 Å². The lowest BCUT2D eigenvalue weighted by atomic mass is 9.92. The van der Waals surface area contributed by atoms with E-state index in [2.05, 4.69) is 0 Å². The van der Waals surface area contributed by atoms with Crippen LogP contribution in [0.15, 0.2) is 72.8 Å². The summed E-state index contributed by atoms with van der Waals surface area (Å²) in [5, 5.41) is 10.0. The van der Waals surface area contributed by atoms with E-state index in [4.69, 9.17) is 16.3 Å². The number of hydrogen-bond acceptors (Lipinski definition) is 3. The summed E-state index contributed by atoms with van der Waals surface area (Å²) in [6.07, 6.45) is -5.94. The highest BCUT2D eigenvalue weighted by Gasteiger charge is 2.41. The normalized spacial score (nSPS) is 17.1. The molecule has 0 spiro atoms. The zero-order chi connectivity index (χ0) is 30.3. The van der Waals surface area contributed by atoms with Crippen LogP contribution in [0.4, 0.5) is 18.0 Å². The Labute approximate surface area is 248 Å². The number of hydrogen-bond donors (Lipinski definition) is 1. The molecule has 5 rings (SSSR count). The lowest BCUT2D eigenvalue weighted by molar-refractivity contribution is -0.137. The van der Waals surface area contributed by atoms with E-state index >= 15 is 0 Å². The van der Waals surface area contributed by atoms with Crippen LogP contribution in [-0.2, 0) is 24.1 Å². The van der Waals surface area contributed by atoms with Gasteiger partial charge in [0, 0.05) is 10.6 Å². The summed E-state index contributed by atoms with van der Waals surface area (Å²) in [7, 11) is 0. The molecule has 218 valence electrons. The molecular formula is C34H31ClF3NO3. The van der Waals surface area contributed by atoms with Crippen molar-refractivity contribution in [3.05, 3.63) is 117 Å². The number of aliphatic hydroxyl groups excluding tert-OH is 1. The van der Waals surface area contributed by atoms with Crippen LogP contribution in [0.1, 0.15) is 52.0 Å². The Morgan fingerprint density at radius 3 is 2.31 bits per heavy atom. The largest absolute Gasteiger partial charge is 0.439 e. The van der Waals surface area contributed by atoms with Crippen molar-refractivity contribution in [2.24, 2.45) is 0 Å². The number of nitrogens with zero attached hydrogens (tertiary/aromatic N) is 1. The molecule has 1 amide bonds. The number of aryl methyl sites for hydroxylation is 3. The van der Waals surface area contributed by atoms with E-state index in [1.807, 2.05) is 68.4 Å². The summed E-state index contributed by atoms with van der Waals surface area (Å²) in [5.74, 6) is 0. The molecule has 4 aromatic carbocycles. The summed E-state index contributed by atoms with van der Waals surface area (Å²) in [5.41, 5.74) is 7.26. The first-order valence-electron chi connectivity index (χ1n) is 13.6. The van der Waals surface area contributed by atoms with Crippen LogP contribution in [0.5, 0.6) is 0 Å². The van der Waals surface area contributed by atoms with Crippen molar-refractivity contribution in [3.63, 3.8) is 0 Å². The van der Waals surface area contributed by atoms with Crippen LogP contribution in [0.25, 0.3) is 22.3 Å². The standard InChI is InChI=1S/C34H31ClF3NO3/c1-19-5-8-29(30-16-24(7-10-31(30)35)28-9-6-23(18-40)14-21(28)3)26(11-19)17-39-22(4)32(42-33(39)41)25-12-20(2)13-27(15-25)34(36,37)38/h5-16,22,32,40H,17-18H2,1-4H3/t22-,32-/m0/s1. The van der Waals surface area contributed by atoms with Crippen molar-refractivity contribution in [1.29, 1.82) is 0 Å². The molecule has 42 heavy (non-hydrogen) atoms. The maximum absolute atomic E-state index is 13.5. The van der Waals surface area contributed by atoms with Gasteiger partial charge in [-0.2, -0.15) is 13.2 Å². The van der Waals surface area contributed by atoms with Crippen LogP contribution in [-0.4, -0.2) is 22.1 Å². The quantitative estimate of drug-likeness (QED) is 0.242. The summed E-state index contributed by atoms with van der Waals surface area (Å²) >= 11 is 6.73. The molecule has 0 aliphatic carbocycles. The zero-order valence-electron chi connectivity index (χ0n) is 23.7. The van der Waals surface area contributed by atoms with E-state index in [1.165, 1.54) is 0 Å². The van der Waals surface area contributed by atoms with Crippen LogP contribution in [0.3, 0.4) is 0 Å². The van der Waals surface area contributed by atoms with Gasteiger partial charge in [0.1, 0.15) is 6.10 Å². The first kappa shape index (κ1) is 29.7. The third-order valence-electron chi connectivity index (χ3n) is 7.79. The molecule has 1 aliphatic heterocycles. The van der Waals surface area contributed by atoms with Crippen LogP contribution in [0.2, 0.25) is 5.02 Å². The van der Waals surface area contributed by atoms with E-state index in [9.17, 15) is 23.1 Å². The lowest BCUT2D eigenvalue weighted by Gasteiger charge is -2.23. The van der Waals surface area contributed by atoms with Gasteiger partial charge in [0.15, 0.2) is 0 Å². The van der Waals surface area contributed by atoms with Crippen molar-refractivity contribution in [2.75, 3.05) is 0 Å². The Bertz CT molecular complexity index is 1670. The number of amides is 1. The minimum atomic E-state index is -4.50. The fourth-order valence-electron chi connectivity index (χ4n) is 5.65. The lowest BCUT2D eigenvalue weighted by Crippen LogP contribution is -2.31. The first-order chi connectivity index (χ1) is 19.8. The summed E-state index contributed by atoms with van der Waals surface area (Å²) in [6.45, 7) is 7.48. The molecule has 0 unspecified atom stereocenters. The number of rotatable bonds is 6. The van der Waals surface area contributed by atoms with Gasteiger partial charge in [0.05, 0.1) is 24.8 Å². The Morgan fingerprint density at radius 1 is 0.881 bits per heavy atom. The molecule has 1 saturated heterocycles. The van der Waals surface area contributed by atoms with E-state index in [0.29, 0.717) is 16.1 Å². The Hall–Kier alpha value is -3.81. The number of benzene rings is 4. The van der Waals surface area contributed by atoms with Gasteiger partial charge in [-0.05, 0) is 90.9 Å². The van der Waals surface area contributed by atoms with E-state index in [0.717, 1.165) is 56.6 Å². The van der Waals surface area contributed by atoms with Crippen LogP contribution in [0, 0.1) is 20.8 Å². The molecule has 1 heterocycles. The SMILES string of the molecule is Cc1cc([C@H]2OC(=O)N(Cc3cc(C)ccc3-c3cc(-c4ccc(CO)cc4C)ccc3Cl)[C@H]2C)cc(C(F)(F)F)c1. The van der Waals surface area contributed by atoms with Gasteiger partial charge in [0.2, 0.25) is 0 Å². The highest BCUT2D eigenvalue weighted by molar-refractivity contribution is 6.33. The summed E-state index contributed by atoms with van der Waals surface area (Å²) in [4.78, 5) is 14.7. The minimum absolute atomic E-state index is 0.0364. The highest BCUT2D eigenvalue weighted by atomic mass is 35.5. The average Bonchev–Trinajstić information content (AvgIpc) is 3.21. The molecular weight excluding hydrogens is 563 g/mol. The Kier molecular flexibility index (Phi) is 8.10. The Balaban J connectivity index is 1.50. The van der Waals surface area contributed by atoms with Crippen LogP contribution >= 0.6 is 11.6 Å². The summed E-state index contributed by atoms with van der Waals surface area (Å²) in [6, 6.07) is 20.8. The van der Waals surface area contributed by atoms with E-state index < -0.39 is 30.0 Å². The molecule has 0 aromatic heterocycles. The molecule has 0 saturated carbocycles. The van der Waals surface area contributed by atoms with Gasteiger partial charge in [-0.15, -0.1) is 0 Å². The maximum Gasteiger partial charge on any atom is 0.416 e. The van der Waals surface area contributed by atoms with Gasteiger partial charge < -0.3 is 9.84 Å². The fraction of sp³-hybridized carbons (Fsp3) is 0.265. The number of ether oxygens (including phenoxy) is 1. The van der Waals surface area contributed by atoms with Gasteiger partial charge >= 0.3 is 12.3 Å². The molecule has 1 aliphatic rings. The van der Waals surface area contributed by atoms with Gasteiger partial charge in [-0.3, -0.25) is 4.90 Å². The fourth-order valence-corrected chi connectivity index (χ4v) is 5.87. The monoisotopic (exact) mass is 593 g/mol. The second kappa shape index (κ2) is 11.5. The van der Waals surface area contributed by atoms with Crippen LogP contribution < -0.4 is 0 Å². The molecule has 0 radical (unpaired) electrons. The molecule has 2 atom stereocenters. The summed E-state index contributed by atoms with van der Waals surface area (Å²) < 4.78 is 46.2. The smallest absolute Gasteiger partial charge is 0.416 e. The first-order valence-corrected chi connectivity index (χ1v) is 14.0. The number of halogens is 4. The zero-order valence-corrected chi connectivity index (χ0v) is 24.5. The number of cyclic esters (lactones) is 1. The predicted molar refractivity (Wildman–Crippen MR) is 158 cm³/mol. The van der Waals surface area contributed by atoms with E-state index in [-0.39, 0.29) is 13.2 Å². The van der Waals surface area contributed by atoms with Crippen molar-refractivity contribution < 1.29 is 27.8 Å². The van der Waals surface area contributed by atoms with E-state index in [1.54, 1.807) is 24.8 Å².